The number of H-pyrrole nitrogens is 1. The predicted octanol–water partition coefficient (Wildman–Crippen LogP) is 3.73. The first kappa shape index (κ1) is 28.2. The molecule has 1 aromatic heterocycles. The smallest absolute Gasteiger partial charge is 0.330 e. The van der Waals surface area contributed by atoms with Crippen LogP contribution in [0, 0.1) is 11.8 Å². The number of hydrogen-bond acceptors (Lipinski definition) is 7. The molecule has 0 bridgehead atoms. The highest BCUT2D eigenvalue weighted by Gasteiger charge is 2.26. The summed E-state index contributed by atoms with van der Waals surface area (Å²) in [6.07, 6.45) is 6.40. The maximum atomic E-state index is 13.3. The van der Waals surface area contributed by atoms with Crippen LogP contribution in [0.1, 0.15) is 49.1 Å². The monoisotopic (exact) mass is 568 g/mol. The lowest BCUT2D eigenvalue weighted by molar-refractivity contribution is 0.0745. The second-order valence-corrected chi connectivity index (χ2v) is 13.0. The molecule has 40 heavy (non-hydrogen) atoms. The zero-order valence-electron chi connectivity index (χ0n) is 22.5. The van der Waals surface area contributed by atoms with Crippen LogP contribution in [0.3, 0.4) is 0 Å². The Hall–Kier alpha value is -3.37. The number of sulfone groups is 1. The van der Waals surface area contributed by atoms with Crippen molar-refractivity contribution < 1.29 is 22.6 Å². The number of benzene rings is 2. The van der Waals surface area contributed by atoms with E-state index in [-0.39, 0.29) is 37.2 Å². The molecule has 0 atom stereocenters. The van der Waals surface area contributed by atoms with Crippen LogP contribution < -0.4 is 20.7 Å². The summed E-state index contributed by atoms with van der Waals surface area (Å²) in [6.45, 7) is 1.45. The molecule has 1 heterocycles. The number of rotatable bonds is 16. The Balaban J connectivity index is 1.25. The highest BCUT2D eigenvalue weighted by molar-refractivity contribution is 7.91. The van der Waals surface area contributed by atoms with Crippen molar-refractivity contribution in [2.75, 3.05) is 31.3 Å². The molecule has 0 spiro atoms. The third kappa shape index (κ3) is 8.56. The van der Waals surface area contributed by atoms with Crippen LogP contribution in [-0.2, 0) is 21.3 Å². The average molecular weight is 569 g/mol. The number of ether oxygens (including phenoxy) is 3. The number of nitrogens with one attached hydrogen (secondary N) is 1. The summed E-state index contributed by atoms with van der Waals surface area (Å²) in [4.78, 5) is 25.1. The van der Waals surface area contributed by atoms with Crippen LogP contribution in [0.15, 0.2) is 70.4 Å². The molecular formula is C30H36N2O7S. The Morgan fingerprint density at radius 1 is 0.875 bits per heavy atom. The van der Waals surface area contributed by atoms with E-state index in [1.165, 1.54) is 42.5 Å². The van der Waals surface area contributed by atoms with Gasteiger partial charge in [0.05, 0.1) is 24.7 Å². The van der Waals surface area contributed by atoms with Crippen molar-refractivity contribution in [2.24, 2.45) is 11.8 Å². The van der Waals surface area contributed by atoms with E-state index in [1.807, 2.05) is 48.5 Å². The number of aromatic nitrogens is 2. The largest absolute Gasteiger partial charge is 0.493 e. The van der Waals surface area contributed by atoms with Crippen LogP contribution in [0.4, 0.5) is 0 Å². The molecule has 2 fully saturated rings. The van der Waals surface area contributed by atoms with Gasteiger partial charge in [0.25, 0.3) is 5.56 Å². The Morgan fingerprint density at radius 2 is 1.48 bits per heavy atom. The highest BCUT2D eigenvalue weighted by Crippen LogP contribution is 2.34. The Kier molecular flexibility index (Phi) is 9.06. The lowest BCUT2D eigenvalue weighted by Gasteiger charge is -2.20. The minimum atomic E-state index is -3.47. The fourth-order valence-electron chi connectivity index (χ4n) is 4.45. The molecule has 0 radical (unpaired) electrons. The van der Waals surface area contributed by atoms with E-state index in [0.29, 0.717) is 25.0 Å². The van der Waals surface area contributed by atoms with Gasteiger partial charge in [-0.15, -0.1) is 0 Å². The summed E-state index contributed by atoms with van der Waals surface area (Å²) in [7, 11) is -3.47. The van der Waals surface area contributed by atoms with Crippen molar-refractivity contribution in [2.45, 2.75) is 44.8 Å². The standard InChI is InChI=1S/C30H36N2O7S/c33-29-12-13-32(30(34)31-29)21-37-14-3-15-40(35,36)20-28(24-4-1-6-26(16-24)38-18-22-8-9-22)25-5-2-7-27(17-25)39-19-23-10-11-23/h1-2,4-7,12-13,16-17,22-23,28H,3,8-11,14-15,18-21H2,(H,31,33,34). The van der Waals surface area contributed by atoms with Gasteiger partial charge in [0.15, 0.2) is 9.84 Å². The summed E-state index contributed by atoms with van der Waals surface area (Å²) >= 11 is 0. The van der Waals surface area contributed by atoms with Crippen molar-refractivity contribution in [1.29, 1.82) is 0 Å². The molecule has 2 aromatic carbocycles. The van der Waals surface area contributed by atoms with Crippen LogP contribution in [0.2, 0.25) is 0 Å². The molecular weight excluding hydrogens is 532 g/mol. The third-order valence-corrected chi connectivity index (χ3v) is 8.93. The third-order valence-electron chi connectivity index (χ3n) is 7.18. The van der Waals surface area contributed by atoms with Gasteiger partial charge in [0.1, 0.15) is 18.2 Å². The Morgan fingerprint density at radius 3 is 2.02 bits per heavy atom. The summed E-state index contributed by atoms with van der Waals surface area (Å²) in [5, 5.41) is 0. The fourth-order valence-corrected chi connectivity index (χ4v) is 6.07. The number of aromatic amines is 1. The Bertz CT molecular complexity index is 1450. The van der Waals surface area contributed by atoms with Gasteiger partial charge < -0.3 is 14.2 Å². The molecule has 0 aliphatic heterocycles. The fraction of sp³-hybridized carbons (Fsp3) is 0.467. The molecule has 0 unspecified atom stereocenters. The first-order chi connectivity index (χ1) is 19.3. The molecule has 0 amide bonds. The van der Waals surface area contributed by atoms with Gasteiger partial charge in [-0.25, -0.2) is 13.2 Å². The molecule has 2 aliphatic rings. The topological polar surface area (TPSA) is 117 Å². The zero-order valence-corrected chi connectivity index (χ0v) is 23.3. The molecule has 1 N–H and O–H groups in total. The first-order valence-corrected chi connectivity index (χ1v) is 15.7. The maximum Gasteiger partial charge on any atom is 0.330 e. The molecule has 10 heteroatoms. The Labute approximate surface area is 234 Å². The van der Waals surface area contributed by atoms with Crippen molar-refractivity contribution in [1.82, 2.24) is 9.55 Å². The first-order valence-electron chi connectivity index (χ1n) is 13.9. The molecule has 3 aromatic rings. The lowest BCUT2D eigenvalue weighted by atomic mass is 9.92. The molecule has 0 saturated heterocycles. The average Bonchev–Trinajstić information content (AvgIpc) is 3.86. The van der Waals surface area contributed by atoms with E-state index in [4.69, 9.17) is 14.2 Å². The van der Waals surface area contributed by atoms with E-state index in [0.717, 1.165) is 22.6 Å². The van der Waals surface area contributed by atoms with Gasteiger partial charge in [-0.05, 0) is 79.3 Å². The van der Waals surface area contributed by atoms with Gasteiger partial charge in [-0.3, -0.25) is 14.3 Å². The number of nitrogens with zero attached hydrogens (tertiary/aromatic N) is 1. The van der Waals surface area contributed by atoms with E-state index in [1.54, 1.807) is 0 Å². The van der Waals surface area contributed by atoms with Crippen LogP contribution in [-0.4, -0.2) is 49.3 Å². The van der Waals surface area contributed by atoms with Crippen molar-refractivity contribution >= 4 is 9.84 Å². The second kappa shape index (κ2) is 12.9. The summed E-state index contributed by atoms with van der Waals surface area (Å²) in [6, 6.07) is 16.7. The van der Waals surface area contributed by atoms with Gasteiger partial charge >= 0.3 is 5.69 Å². The van der Waals surface area contributed by atoms with Crippen LogP contribution in [0.5, 0.6) is 11.5 Å². The van der Waals surface area contributed by atoms with E-state index < -0.39 is 21.1 Å². The SMILES string of the molecule is O=c1ccn(COCCCS(=O)(=O)CC(c2cccc(OCC3CC3)c2)c2cccc(OCC3CC3)c2)c(=O)[nH]1. The van der Waals surface area contributed by atoms with Gasteiger partial charge in [-0.1, -0.05) is 24.3 Å². The summed E-state index contributed by atoms with van der Waals surface area (Å²) in [5.74, 6) is 2.22. The lowest BCUT2D eigenvalue weighted by Crippen LogP contribution is -2.29. The van der Waals surface area contributed by atoms with Crippen LogP contribution >= 0.6 is 0 Å². The normalized spacial score (nSPS) is 15.3. The molecule has 5 rings (SSSR count). The van der Waals surface area contributed by atoms with Crippen LogP contribution in [0.25, 0.3) is 0 Å². The summed E-state index contributed by atoms with van der Waals surface area (Å²) in [5.41, 5.74) is 0.700. The quantitative estimate of drug-likeness (QED) is 0.262. The maximum absolute atomic E-state index is 13.3. The second-order valence-electron chi connectivity index (χ2n) is 10.8. The summed E-state index contributed by atoms with van der Waals surface area (Å²) < 4.78 is 45.3. The van der Waals surface area contributed by atoms with E-state index >= 15 is 0 Å². The van der Waals surface area contributed by atoms with Crippen molar-refractivity contribution in [3.63, 3.8) is 0 Å². The zero-order chi connectivity index (χ0) is 28.0. The highest BCUT2D eigenvalue weighted by atomic mass is 32.2. The number of hydrogen-bond donors (Lipinski definition) is 1. The van der Waals surface area contributed by atoms with E-state index in [2.05, 4.69) is 4.98 Å². The molecule has 2 aliphatic carbocycles. The van der Waals surface area contributed by atoms with Crippen molar-refractivity contribution in [3.8, 4) is 11.5 Å². The molecule has 214 valence electrons. The van der Waals surface area contributed by atoms with Gasteiger partial charge in [0.2, 0.25) is 0 Å². The van der Waals surface area contributed by atoms with Crippen molar-refractivity contribution in [3.05, 3.63) is 92.8 Å². The van der Waals surface area contributed by atoms with Gasteiger partial charge in [0, 0.05) is 24.8 Å². The van der Waals surface area contributed by atoms with E-state index in [9.17, 15) is 18.0 Å². The van der Waals surface area contributed by atoms with Gasteiger partial charge in [-0.2, -0.15) is 0 Å². The molecule has 9 nitrogen and oxygen atoms in total. The minimum absolute atomic E-state index is 0.0558. The predicted molar refractivity (Wildman–Crippen MR) is 152 cm³/mol. The molecule has 2 saturated carbocycles. The minimum Gasteiger partial charge on any atom is -0.493 e.